The van der Waals surface area contributed by atoms with Gasteiger partial charge in [-0.3, -0.25) is 0 Å². The van der Waals surface area contributed by atoms with Gasteiger partial charge in [-0.25, -0.2) is 9.37 Å². The van der Waals surface area contributed by atoms with Crippen molar-refractivity contribution in [2.75, 3.05) is 7.11 Å². The van der Waals surface area contributed by atoms with Crippen LogP contribution in [-0.4, -0.2) is 12.1 Å². The molecule has 1 heterocycles. The Morgan fingerprint density at radius 1 is 1.42 bits per heavy atom. The van der Waals surface area contributed by atoms with Crippen LogP contribution in [0.3, 0.4) is 0 Å². The molecule has 2 aromatic rings. The summed E-state index contributed by atoms with van der Waals surface area (Å²) in [6.07, 6.45) is 0. The Kier molecular flexibility index (Phi) is 4.17. The molecule has 0 saturated carbocycles. The van der Waals surface area contributed by atoms with Gasteiger partial charge >= 0.3 is 0 Å². The van der Waals surface area contributed by atoms with Crippen LogP contribution in [0.15, 0.2) is 18.2 Å². The first-order chi connectivity index (χ1) is 9.06. The van der Waals surface area contributed by atoms with E-state index in [4.69, 9.17) is 10.5 Å². The Hall–Kier alpha value is -1.46. The lowest BCUT2D eigenvalue weighted by Gasteiger charge is -2.03. The molecule has 5 heteroatoms. The highest BCUT2D eigenvalue weighted by atomic mass is 32.1. The molecule has 0 saturated heterocycles. The van der Waals surface area contributed by atoms with E-state index >= 15 is 0 Å². The van der Waals surface area contributed by atoms with Crippen LogP contribution in [0.2, 0.25) is 0 Å². The Morgan fingerprint density at radius 3 is 2.68 bits per heavy atom. The van der Waals surface area contributed by atoms with E-state index in [1.54, 1.807) is 23.5 Å². The van der Waals surface area contributed by atoms with E-state index in [-0.39, 0.29) is 11.6 Å². The van der Waals surface area contributed by atoms with Crippen molar-refractivity contribution in [1.29, 1.82) is 0 Å². The van der Waals surface area contributed by atoms with E-state index in [9.17, 15) is 4.39 Å². The van der Waals surface area contributed by atoms with Crippen LogP contribution < -0.4 is 10.5 Å². The number of methoxy groups -OCH3 is 1. The van der Waals surface area contributed by atoms with E-state index in [1.165, 1.54) is 13.2 Å². The molecule has 0 bridgehead atoms. The summed E-state index contributed by atoms with van der Waals surface area (Å²) in [6.45, 7) is 4.65. The van der Waals surface area contributed by atoms with E-state index in [1.807, 2.05) is 0 Å². The van der Waals surface area contributed by atoms with Crippen molar-refractivity contribution in [2.24, 2.45) is 5.73 Å². The Labute approximate surface area is 116 Å². The fourth-order valence-electron chi connectivity index (χ4n) is 1.88. The molecule has 0 unspecified atom stereocenters. The Balaban J connectivity index is 2.47. The fourth-order valence-corrected chi connectivity index (χ4v) is 2.97. The van der Waals surface area contributed by atoms with E-state index in [0.717, 1.165) is 21.1 Å². The molecule has 2 rings (SSSR count). The lowest BCUT2D eigenvalue weighted by molar-refractivity contribution is 0.387. The topological polar surface area (TPSA) is 48.1 Å². The molecule has 102 valence electrons. The van der Waals surface area contributed by atoms with Crippen molar-refractivity contribution in [2.45, 2.75) is 26.3 Å². The summed E-state index contributed by atoms with van der Waals surface area (Å²) in [7, 11) is 1.45. The lowest BCUT2D eigenvalue weighted by atomic mass is 10.1. The van der Waals surface area contributed by atoms with Crippen molar-refractivity contribution >= 4 is 11.3 Å². The second-order valence-electron chi connectivity index (χ2n) is 4.54. The fraction of sp³-hybridized carbons (Fsp3) is 0.357. The number of ether oxygens (including phenoxy) is 1. The summed E-state index contributed by atoms with van der Waals surface area (Å²) < 4.78 is 18.4. The number of rotatable bonds is 4. The molecule has 0 spiro atoms. The molecule has 0 aliphatic heterocycles. The van der Waals surface area contributed by atoms with Gasteiger partial charge in [-0.2, -0.15) is 0 Å². The highest BCUT2D eigenvalue weighted by Crippen LogP contribution is 2.33. The maximum absolute atomic E-state index is 13.4. The van der Waals surface area contributed by atoms with Gasteiger partial charge in [0.05, 0.1) is 12.8 Å². The summed E-state index contributed by atoms with van der Waals surface area (Å²) in [4.78, 5) is 5.69. The molecule has 0 amide bonds. The molecule has 0 aliphatic rings. The molecule has 0 radical (unpaired) electrons. The summed E-state index contributed by atoms with van der Waals surface area (Å²) in [5.41, 5.74) is 7.62. The summed E-state index contributed by atoms with van der Waals surface area (Å²) in [5, 5.41) is 0.849. The lowest BCUT2D eigenvalue weighted by Crippen LogP contribution is -1.99. The van der Waals surface area contributed by atoms with Gasteiger partial charge in [0.15, 0.2) is 11.6 Å². The predicted octanol–water partition coefficient (Wildman–Crippen LogP) is 3.54. The molecule has 2 N–H and O–H groups in total. The van der Waals surface area contributed by atoms with Gasteiger partial charge in [-0.1, -0.05) is 13.8 Å². The van der Waals surface area contributed by atoms with Crippen molar-refractivity contribution in [3.05, 3.63) is 34.6 Å². The van der Waals surface area contributed by atoms with Crippen LogP contribution in [0.5, 0.6) is 5.75 Å². The number of hydrogen-bond donors (Lipinski definition) is 1. The summed E-state index contributed by atoms with van der Waals surface area (Å²) in [5.74, 6) is 0.185. The molecule has 3 nitrogen and oxygen atoms in total. The molecule has 0 aliphatic carbocycles. The van der Waals surface area contributed by atoms with Crippen LogP contribution in [0.1, 0.15) is 30.3 Å². The van der Waals surface area contributed by atoms with Crippen LogP contribution in [0.4, 0.5) is 4.39 Å². The third-order valence-corrected chi connectivity index (χ3v) is 4.00. The van der Waals surface area contributed by atoms with E-state index < -0.39 is 0 Å². The Bertz CT molecular complexity index is 581. The van der Waals surface area contributed by atoms with Crippen LogP contribution >= 0.6 is 11.3 Å². The molecule has 1 aromatic carbocycles. The zero-order valence-electron chi connectivity index (χ0n) is 11.2. The largest absolute Gasteiger partial charge is 0.494 e. The zero-order chi connectivity index (χ0) is 14.0. The SMILES string of the molecule is COc1cc(-c2nc(C(C)C)c(CN)s2)ccc1F. The first-order valence-corrected chi connectivity index (χ1v) is 6.92. The number of nitrogens with two attached hydrogens (primary N) is 1. The van der Waals surface area contributed by atoms with Gasteiger partial charge in [0.2, 0.25) is 0 Å². The number of thiazole rings is 1. The van der Waals surface area contributed by atoms with Gasteiger partial charge in [0.25, 0.3) is 0 Å². The highest BCUT2D eigenvalue weighted by Gasteiger charge is 2.15. The van der Waals surface area contributed by atoms with Crippen LogP contribution in [-0.2, 0) is 6.54 Å². The van der Waals surface area contributed by atoms with E-state index in [2.05, 4.69) is 18.8 Å². The van der Waals surface area contributed by atoms with Gasteiger partial charge in [0.1, 0.15) is 5.01 Å². The molecule has 19 heavy (non-hydrogen) atoms. The molecule has 1 aromatic heterocycles. The van der Waals surface area contributed by atoms with Crippen molar-refractivity contribution < 1.29 is 9.13 Å². The number of halogens is 1. The normalized spacial score (nSPS) is 11.1. The minimum atomic E-state index is -0.370. The number of benzene rings is 1. The molecule has 0 fully saturated rings. The zero-order valence-corrected chi connectivity index (χ0v) is 12.1. The average Bonchev–Trinajstić information content (AvgIpc) is 2.83. The summed E-state index contributed by atoms with van der Waals surface area (Å²) >= 11 is 1.55. The average molecular weight is 280 g/mol. The molecule has 0 atom stereocenters. The second kappa shape index (κ2) is 5.67. The molecular weight excluding hydrogens is 263 g/mol. The number of hydrogen-bond acceptors (Lipinski definition) is 4. The van der Waals surface area contributed by atoms with Crippen molar-refractivity contribution in [3.8, 4) is 16.3 Å². The first-order valence-electron chi connectivity index (χ1n) is 6.10. The quantitative estimate of drug-likeness (QED) is 0.932. The smallest absolute Gasteiger partial charge is 0.165 e. The Morgan fingerprint density at radius 2 is 2.16 bits per heavy atom. The number of nitrogens with zero attached hydrogens (tertiary/aromatic N) is 1. The molecular formula is C14H17FN2OS. The van der Waals surface area contributed by atoms with Gasteiger partial charge < -0.3 is 10.5 Å². The van der Waals surface area contributed by atoms with Gasteiger partial charge in [-0.05, 0) is 24.1 Å². The standard InChI is InChI=1S/C14H17FN2OS/c1-8(2)13-12(7-16)19-14(17-13)9-4-5-10(15)11(6-9)18-3/h4-6,8H,7,16H2,1-3H3. The highest BCUT2D eigenvalue weighted by molar-refractivity contribution is 7.15. The minimum absolute atomic E-state index is 0.230. The third kappa shape index (κ3) is 2.77. The first kappa shape index (κ1) is 14.0. The van der Waals surface area contributed by atoms with Crippen LogP contribution in [0.25, 0.3) is 10.6 Å². The summed E-state index contributed by atoms with van der Waals surface area (Å²) in [6, 6.07) is 4.77. The van der Waals surface area contributed by atoms with E-state index in [0.29, 0.717) is 12.5 Å². The van der Waals surface area contributed by atoms with Crippen molar-refractivity contribution in [3.63, 3.8) is 0 Å². The number of aromatic nitrogens is 1. The maximum Gasteiger partial charge on any atom is 0.165 e. The minimum Gasteiger partial charge on any atom is -0.494 e. The van der Waals surface area contributed by atoms with Gasteiger partial charge in [0, 0.05) is 17.0 Å². The van der Waals surface area contributed by atoms with Gasteiger partial charge in [-0.15, -0.1) is 11.3 Å². The second-order valence-corrected chi connectivity index (χ2v) is 5.62. The third-order valence-electron chi connectivity index (χ3n) is 2.86. The van der Waals surface area contributed by atoms with Crippen LogP contribution in [0, 0.1) is 5.82 Å². The monoisotopic (exact) mass is 280 g/mol. The van der Waals surface area contributed by atoms with Crippen molar-refractivity contribution in [1.82, 2.24) is 4.98 Å². The maximum atomic E-state index is 13.4. The predicted molar refractivity (Wildman–Crippen MR) is 76.0 cm³/mol.